The SMILES string of the molecule is CCCC(=O)c1ccc(Cl)cc1-c1cc(=O)n(C(Cc2ccccc2)C(=O)Nc2ccc(C(=O)O)cc2)cc1OC. The lowest BCUT2D eigenvalue weighted by atomic mass is 9.95. The summed E-state index contributed by atoms with van der Waals surface area (Å²) in [4.78, 5) is 51.3. The van der Waals surface area contributed by atoms with E-state index in [0.29, 0.717) is 40.2 Å². The summed E-state index contributed by atoms with van der Waals surface area (Å²) in [5.41, 5.74) is 2.09. The van der Waals surface area contributed by atoms with Gasteiger partial charge < -0.3 is 15.2 Å². The number of benzene rings is 3. The number of nitrogens with zero attached hydrogens (tertiary/aromatic N) is 1. The molecule has 3 aromatic carbocycles. The van der Waals surface area contributed by atoms with E-state index in [2.05, 4.69) is 5.32 Å². The highest BCUT2D eigenvalue weighted by Crippen LogP contribution is 2.34. The minimum absolute atomic E-state index is 0.0817. The lowest BCUT2D eigenvalue weighted by Crippen LogP contribution is -2.34. The molecule has 41 heavy (non-hydrogen) atoms. The third kappa shape index (κ3) is 6.91. The minimum Gasteiger partial charge on any atom is -0.495 e. The van der Waals surface area contributed by atoms with Gasteiger partial charge >= 0.3 is 5.97 Å². The van der Waals surface area contributed by atoms with Gasteiger partial charge in [-0.1, -0.05) is 48.9 Å². The number of halogens is 1. The topological polar surface area (TPSA) is 115 Å². The van der Waals surface area contributed by atoms with Crippen LogP contribution in [0.25, 0.3) is 11.1 Å². The lowest BCUT2D eigenvalue weighted by molar-refractivity contribution is -0.119. The maximum atomic E-state index is 13.6. The van der Waals surface area contributed by atoms with Crippen molar-refractivity contribution in [1.29, 1.82) is 0 Å². The highest BCUT2D eigenvalue weighted by molar-refractivity contribution is 6.31. The quantitative estimate of drug-likeness (QED) is 0.204. The molecule has 0 radical (unpaired) electrons. The second-order valence-electron chi connectivity index (χ2n) is 9.44. The van der Waals surface area contributed by atoms with E-state index in [9.17, 15) is 19.2 Å². The molecule has 0 aliphatic carbocycles. The number of carboxylic acid groups (broad SMARTS) is 1. The molecule has 0 aliphatic rings. The number of rotatable bonds is 11. The van der Waals surface area contributed by atoms with Gasteiger partial charge in [0.15, 0.2) is 5.78 Å². The summed E-state index contributed by atoms with van der Waals surface area (Å²) >= 11 is 6.28. The first kappa shape index (κ1) is 29.3. The number of hydrogen-bond donors (Lipinski definition) is 2. The summed E-state index contributed by atoms with van der Waals surface area (Å²) in [6.07, 6.45) is 2.66. The number of ketones is 1. The summed E-state index contributed by atoms with van der Waals surface area (Å²) in [7, 11) is 1.45. The van der Waals surface area contributed by atoms with E-state index in [1.54, 1.807) is 18.2 Å². The Morgan fingerprint density at radius 3 is 2.32 bits per heavy atom. The van der Waals surface area contributed by atoms with Crippen LogP contribution < -0.4 is 15.6 Å². The van der Waals surface area contributed by atoms with Gasteiger partial charge in [-0.25, -0.2) is 4.79 Å². The predicted octanol–water partition coefficient (Wildman–Crippen LogP) is 6.28. The van der Waals surface area contributed by atoms with Crippen molar-refractivity contribution in [1.82, 2.24) is 4.57 Å². The van der Waals surface area contributed by atoms with Gasteiger partial charge in [0, 0.05) is 40.7 Å². The Balaban J connectivity index is 1.79. The normalized spacial score (nSPS) is 11.5. The number of carboxylic acids is 1. The molecular weight excluding hydrogens is 544 g/mol. The van der Waals surface area contributed by atoms with E-state index < -0.39 is 23.5 Å². The van der Waals surface area contributed by atoms with Gasteiger partial charge in [0.2, 0.25) is 5.91 Å². The second kappa shape index (κ2) is 13.1. The van der Waals surface area contributed by atoms with Gasteiger partial charge in [-0.05, 0) is 60.0 Å². The molecule has 0 spiro atoms. The fraction of sp³-hybridized carbons (Fsp3) is 0.188. The van der Waals surface area contributed by atoms with E-state index in [1.165, 1.54) is 48.2 Å². The molecule has 0 saturated carbocycles. The third-order valence-electron chi connectivity index (χ3n) is 6.62. The molecule has 1 heterocycles. The summed E-state index contributed by atoms with van der Waals surface area (Å²) in [6, 6.07) is 20.3. The van der Waals surface area contributed by atoms with Crippen LogP contribution in [0.1, 0.15) is 52.1 Å². The average molecular weight is 573 g/mol. The van der Waals surface area contributed by atoms with Crippen LogP contribution in [-0.2, 0) is 11.2 Å². The van der Waals surface area contributed by atoms with Gasteiger partial charge in [-0.2, -0.15) is 0 Å². The lowest BCUT2D eigenvalue weighted by Gasteiger charge is -2.22. The molecule has 1 aromatic heterocycles. The van der Waals surface area contributed by atoms with E-state index >= 15 is 0 Å². The number of Topliss-reactive ketones (excluding diaryl/α,β-unsaturated/α-hetero) is 1. The van der Waals surface area contributed by atoms with Crippen molar-refractivity contribution in [3.05, 3.63) is 117 Å². The Morgan fingerprint density at radius 2 is 1.68 bits per heavy atom. The van der Waals surface area contributed by atoms with Crippen molar-refractivity contribution in [2.75, 3.05) is 12.4 Å². The Labute approximate surface area is 242 Å². The van der Waals surface area contributed by atoms with Crippen LogP contribution in [0.15, 0.2) is 89.9 Å². The largest absolute Gasteiger partial charge is 0.495 e. The van der Waals surface area contributed by atoms with Crippen molar-refractivity contribution in [2.24, 2.45) is 0 Å². The highest BCUT2D eigenvalue weighted by Gasteiger charge is 2.25. The Morgan fingerprint density at radius 1 is 0.976 bits per heavy atom. The third-order valence-corrected chi connectivity index (χ3v) is 6.86. The minimum atomic E-state index is -1.08. The van der Waals surface area contributed by atoms with Crippen molar-refractivity contribution < 1.29 is 24.2 Å². The Kier molecular flexibility index (Phi) is 9.37. The molecule has 0 fully saturated rings. The summed E-state index contributed by atoms with van der Waals surface area (Å²) in [5.74, 6) is -1.35. The maximum absolute atomic E-state index is 13.6. The monoisotopic (exact) mass is 572 g/mol. The molecule has 8 nitrogen and oxygen atoms in total. The van der Waals surface area contributed by atoms with E-state index in [0.717, 1.165) is 5.56 Å². The number of aromatic nitrogens is 1. The van der Waals surface area contributed by atoms with Crippen LogP contribution >= 0.6 is 11.6 Å². The molecule has 0 bridgehead atoms. The molecule has 1 unspecified atom stereocenters. The number of pyridine rings is 1. The van der Waals surface area contributed by atoms with Crippen LogP contribution in [0, 0.1) is 0 Å². The van der Waals surface area contributed by atoms with Gasteiger partial charge in [0.05, 0.1) is 18.9 Å². The average Bonchev–Trinajstić information content (AvgIpc) is 2.96. The standard InChI is InChI=1S/C32H29ClN2O6/c1-3-7-28(36)24-15-12-22(33)17-25(24)26-18-30(37)35(19-29(26)41-2)27(16-20-8-5-4-6-9-20)31(38)34-23-13-10-21(11-14-23)32(39)40/h4-6,8-15,17-19,27H,3,7,16H2,1-2H3,(H,34,38)(H,39,40). The molecule has 4 rings (SSSR count). The molecular formula is C32H29ClN2O6. The number of anilines is 1. The maximum Gasteiger partial charge on any atom is 0.335 e. The number of hydrogen-bond acceptors (Lipinski definition) is 5. The van der Waals surface area contributed by atoms with E-state index in [1.807, 2.05) is 37.3 Å². The fourth-order valence-corrected chi connectivity index (χ4v) is 4.74. The molecule has 9 heteroatoms. The molecule has 0 saturated heterocycles. The molecule has 1 amide bonds. The Bertz CT molecular complexity index is 1630. The van der Waals surface area contributed by atoms with Crippen molar-refractivity contribution >= 4 is 34.9 Å². The van der Waals surface area contributed by atoms with Crippen molar-refractivity contribution in [3.63, 3.8) is 0 Å². The van der Waals surface area contributed by atoms with Crippen LogP contribution in [0.3, 0.4) is 0 Å². The molecule has 0 aliphatic heterocycles. The van der Waals surface area contributed by atoms with Crippen LogP contribution in [0.5, 0.6) is 5.75 Å². The second-order valence-corrected chi connectivity index (χ2v) is 9.88. The van der Waals surface area contributed by atoms with Gasteiger partial charge in [-0.15, -0.1) is 0 Å². The Hall–Kier alpha value is -4.69. The number of carbonyl (C=O) groups is 3. The van der Waals surface area contributed by atoms with Crippen LogP contribution in [0.4, 0.5) is 5.69 Å². The summed E-state index contributed by atoms with van der Waals surface area (Å²) < 4.78 is 6.96. The number of carbonyl (C=O) groups excluding carboxylic acids is 2. The fourth-order valence-electron chi connectivity index (χ4n) is 4.57. The number of ether oxygens (including phenoxy) is 1. The first-order chi connectivity index (χ1) is 19.7. The number of amides is 1. The number of methoxy groups -OCH3 is 1. The van der Waals surface area contributed by atoms with Gasteiger partial charge in [-0.3, -0.25) is 19.0 Å². The molecule has 2 N–H and O–H groups in total. The van der Waals surface area contributed by atoms with Crippen LogP contribution in [-0.4, -0.2) is 34.4 Å². The zero-order valence-electron chi connectivity index (χ0n) is 22.6. The predicted molar refractivity (Wildman–Crippen MR) is 158 cm³/mol. The van der Waals surface area contributed by atoms with E-state index in [-0.39, 0.29) is 23.5 Å². The highest BCUT2D eigenvalue weighted by atomic mass is 35.5. The number of nitrogens with one attached hydrogen (secondary N) is 1. The molecule has 1 atom stereocenters. The number of aromatic carboxylic acids is 1. The summed E-state index contributed by atoms with van der Waals surface area (Å²) in [5, 5.41) is 12.4. The van der Waals surface area contributed by atoms with E-state index in [4.69, 9.17) is 21.4 Å². The zero-order chi connectivity index (χ0) is 29.5. The first-order valence-electron chi connectivity index (χ1n) is 13.0. The molecule has 4 aromatic rings. The van der Waals surface area contributed by atoms with Gasteiger partial charge in [0.1, 0.15) is 11.8 Å². The summed E-state index contributed by atoms with van der Waals surface area (Å²) in [6.45, 7) is 1.91. The smallest absolute Gasteiger partial charge is 0.335 e. The zero-order valence-corrected chi connectivity index (χ0v) is 23.4. The van der Waals surface area contributed by atoms with Crippen molar-refractivity contribution in [2.45, 2.75) is 32.2 Å². The van der Waals surface area contributed by atoms with Gasteiger partial charge in [0.25, 0.3) is 5.56 Å². The van der Waals surface area contributed by atoms with Crippen LogP contribution in [0.2, 0.25) is 5.02 Å². The first-order valence-corrected chi connectivity index (χ1v) is 13.4. The van der Waals surface area contributed by atoms with Crippen molar-refractivity contribution in [3.8, 4) is 16.9 Å². The molecule has 210 valence electrons.